The van der Waals surface area contributed by atoms with Crippen molar-refractivity contribution in [2.45, 2.75) is 52.1 Å². The molecule has 146 valence electrons. The van der Waals surface area contributed by atoms with E-state index in [0.29, 0.717) is 0 Å². The summed E-state index contributed by atoms with van der Waals surface area (Å²) in [6.07, 6.45) is 10.9. The Balaban J connectivity index is 0.00000140. The Hall–Kier alpha value is -0.569. The Kier molecular flexibility index (Phi) is 8.85. The van der Waals surface area contributed by atoms with Crippen LogP contribution in [0.4, 0.5) is 0 Å². The van der Waals surface area contributed by atoms with Crippen LogP contribution in [0.5, 0.6) is 0 Å². The van der Waals surface area contributed by atoms with E-state index in [-0.39, 0.29) is 31.0 Å². The second kappa shape index (κ2) is 10.5. The summed E-state index contributed by atoms with van der Waals surface area (Å²) >= 11 is -1.42. The molecule has 2 aliphatic carbocycles. The average molecular weight is 463 g/mol. The SMILES string of the molecule is CCCCC1=[C]([Ti+2]([c]2cccc3c2Cc2ccccc2-3)=[Si](C)C)CC=C1.[Cl-].[Cl-]. The predicted molar refractivity (Wildman–Crippen MR) is 112 cm³/mol. The zero-order chi connectivity index (χ0) is 18.1. The van der Waals surface area contributed by atoms with Gasteiger partial charge in [0.2, 0.25) is 0 Å². The van der Waals surface area contributed by atoms with Gasteiger partial charge in [0, 0.05) is 0 Å². The number of hydrogen-bond acceptors (Lipinski definition) is 0. The van der Waals surface area contributed by atoms with Gasteiger partial charge in [0.05, 0.1) is 0 Å². The fourth-order valence-electron chi connectivity index (χ4n) is 4.54. The van der Waals surface area contributed by atoms with E-state index in [0.717, 1.165) is 6.42 Å². The molecule has 0 spiro atoms. The normalized spacial score (nSPS) is 13.2. The standard InChI is InChI=1S/C13H9.C9H13.C2H6Si.2ClH.Ti/c1-3-7-12-10(5-1)9-11-6-2-4-8-13(11)12;1-2-3-6-9-7-4-5-8-9;1-3-2;;;/h1-5,7-8H,9H2;4,7H,2-3,5-6H2,1H3;1-2H3;2*1H;/q;;;;;+2/p-2. The van der Waals surface area contributed by atoms with E-state index in [9.17, 15) is 0 Å². The van der Waals surface area contributed by atoms with E-state index >= 15 is 0 Å². The molecule has 0 saturated carbocycles. The average Bonchev–Trinajstić information content (AvgIpc) is 3.25. The first-order chi connectivity index (χ1) is 12.7. The van der Waals surface area contributed by atoms with Gasteiger partial charge < -0.3 is 24.8 Å². The monoisotopic (exact) mass is 462 g/mol. The molecule has 0 amide bonds. The molecule has 0 aliphatic heterocycles. The van der Waals surface area contributed by atoms with E-state index in [2.05, 4.69) is 74.6 Å². The van der Waals surface area contributed by atoms with Crippen molar-refractivity contribution in [1.29, 1.82) is 0 Å². The molecule has 28 heavy (non-hydrogen) atoms. The summed E-state index contributed by atoms with van der Waals surface area (Å²) in [5, 5.41) is 0. The molecular weight excluding hydrogens is 435 g/mol. The molecule has 0 bridgehead atoms. The van der Waals surface area contributed by atoms with Gasteiger partial charge in [0.15, 0.2) is 0 Å². The van der Waals surface area contributed by atoms with E-state index in [4.69, 9.17) is 0 Å². The van der Waals surface area contributed by atoms with Crippen LogP contribution in [0.15, 0.2) is 64.1 Å². The Morgan fingerprint density at radius 1 is 0.964 bits per heavy atom. The molecule has 0 N–H and O–H groups in total. The topological polar surface area (TPSA) is 0 Å². The summed E-state index contributed by atoms with van der Waals surface area (Å²) in [6, 6.07) is 16.2. The molecule has 2 aromatic carbocycles. The van der Waals surface area contributed by atoms with Gasteiger partial charge >= 0.3 is 165 Å². The zero-order valence-corrected chi connectivity index (χ0v) is 21.1. The number of allylic oxidation sites excluding steroid dienone is 4. The quantitative estimate of drug-likeness (QED) is 0.474. The summed E-state index contributed by atoms with van der Waals surface area (Å²) in [5.41, 5.74) is 7.91. The van der Waals surface area contributed by atoms with Crippen molar-refractivity contribution in [1.82, 2.24) is 0 Å². The van der Waals surface area contributed by atoms with Crippen molar-refractivity contribution < 1.29 is 41.4 Å². The molecular formula is C24H28Cl2SiTi. The van der Waals surface area contributed by atoms with E-state index in [1.54, 1.807) is 15.0 Å². The minimum absolute atomic E-state index is 0. The molecule has 4 rings (SSSR count). The molecule has 0 radical (unpaired) electrons. The summed E-state index contributed by atoms with van der Waals surface area (Å²) in [4.78, 5) is 0. The van der Waals surface area contributed by atoms with Crippen molar-refractivity contribution in [3.05, 3.63) is 75.2 Å². The van der Waals surface area contributed by atoms with Gasteiger partial charge in [-0.1, -0.05) is 0 Å². The van der Waals surface area contributed by atoms with Crippen LogP contribution in [0, 0.1) is 0 Å². The molecule has 0 unspecified atom stereocenters. The summed E-state index contributed by atoms with van der Waals surface area (Å²) in [5.74, 6) is 0. The zero-order valence-electron chi connectivity index (χ0n) is 17.0. The van der Waals surface area contributed by atoms with Gasteiger partial charge in [-0.2, -0.15) is 0 Å². The summed E-state index contributed by atoms with van der Waals surface area (Å²) < 4.78 is 3.67. The van der Waals surface area contributed by atoms with Gasteiger partial charge in [-0.05, 0) is 0 Å². The number of benzene rings is 2. The number of hydrogen-bond donors (Lipinski definition) is 0. The van der Waals surface area contributed by atoms with Crippen LogP contribution in [0.3, 0.4) is 0 Å². The van der Waals surface area contributed by atoms with Crippen LogP contribution in [0.25, 0.3) is 11.1 Å². The fourth-order valence-corrected chi connectivity index (χ4v) is 16.1. The van der Waals surface area contributed by atoms with Gasteiger partial charge in [-0.25, -0.2) is 0 Å². The molecule has 0 heterocycles. The third-order valence-electron chi connectivity index (χ3n) is 5.75. The second-order valence-electron chi connectivity index (χ2n) is 7.75. The van der Waals surface area contributed by atoms with E-state index in [1.807, 2.05) is 3.88 Å². The van der Waals surface area contributed by atoms with Crippen molar-refractivity contribution in [2.75, 3.05) is 0 Å². The number of unbranched alkanes of at least 4 members (excludes halogenated alkanes) is 1. The van der Waals surface area contributed by atoms with E-state index in [1.165, 1.54) is 42.4 Å². The molecule has 4 heteroatoms. The first-order valence-corrected chi connectivity index (χ1v) is 16.4. The maximum Gasteiger partial charge on any atom is -1.00 e. The third-order valence-corrected chi connectivity index (χ3v) is 17.1. The molecule has 2 aromatic rings. The van der Waals surface area contributed by atoms with Crippen LogP contribution in [0.1, 0.15) is 43.7 Å². The second-order valence-corrected chi connectivity index (χ2v) is 19.5. The number of fused-ring (bicyclic) bond motifs is 3. The maximum absolute atomic E-state index is 2.57. The van der Waals surface area contributed by atoms with Crippen molar-refractivity contribution in [3.63, 3.8) is 0 Å². The Morgan fingerprint density at radius 2 is 1.71 bits per heavy atom. The third kappa shape index (κ3) is 4.45. The minimum atomic E-state index is -1.42. The molecule has 0 saturated heterocycles. The van der Waals surface area contributed by atoms with Gasteiger partial charge in [0.1, 0.15) is 0 Å². The summed E-state index contributed by atoms with van der Waals surface area (Å²) in [7, 11) is 0. The van der Waals surface area contributed by atoms with Crippen LogP contribution in [-0.2, 0) is 23.0 Å². The van der Waals surface area contributed by atoms with Crippen molar-refractivity contribution in [2.24, 2.45) is 0 Å². The number of rotatable bonds is 5. The largest absolute Gasteiger partial charge is 1.00 e. The predicted octanol–water partition coefficient (Wildman–Crippen LogP) is 0.165. The van der Waals surface area contributed by atoms with Crippen LogP contribution < -0.4 is 28.7 Å². The molecule has 0 aromatic heterocycles. The van der Waals surface area contributed by atoms with Crippen LogP contribution in [-0.4, -0.2) is 6.19 Å². The Morgan fingerprint density at radius 3 is 2.46 bits per heavy atom. The van der Waals surface area contributed by atoms with Gasteiger partial charge in [-0.3, -0.25) is 0 Å². The van der Waals surface area contributed by atoms with Crippen molar-refractivity contribution >= 4 is 10.1 Å². The first kappa shape index (κ1) is 23.7. The van der Waals surface area contributed by atoms with Crippen LogP contribution >= 0.6 is 0 Å². The van der Waals surface area contributed by atoms with Gasteiger partial charge in [-0.15, -0.1) is 0 Å². The molecule has 0 fully saturated rings. The molecule has 0 atom stereocenters. The minimum Gasteiger partial charge on any atom is -1.00 e. The smallest absolute Gasteiger partial charge is 1.00 e. The van der Waals surface area contributed by atoms with E-state index < -0.39 is 16.6 Å². The summed E-state index contributed by atoms with van der Waals surface area (Å²) in [6.45, 7) is 7.46. The Bertz CT molecular complexity index is 953. The fraction of sp³-hybridized carbons (Fsp3) is 0.333. The van der Waals surface area contributed by atoms with Gasteiger partial charge in [0.25, 0.3) is 0 Å². The van der Waals surface area contributed by atoms with Crippen molar-refractivity contribution in [3.8, 4) is 11.1 Å². The first-order valence-electron chi connectivity index (χ1n) is 9.97. The Labute approximate surface area is 189 Å². The number of halogens is 2. The molecule has 2 aliphatic rings. The maximum atomic E-state index is 2.57. The molecule has 0 nitrogen and oxygen atoms in total. The van der Waals surface area contributed by atoms with Crippen LogP contribution in [0.2, 0.25) is 13.1 Å².